The summed E-state index contributed by atoms with van der Waals surface area (Å²) in [5.41, 5.74) is 2.85. The zero-order valence-electron chi connectivity index (χ0n) is 61.9. The maximum Gasteiger partial charge on any atom is 0.410 e. The molecule has 4 aliphatic rings. The minimum Gasteiger partial charge on any atom is -0.496 e. The van der Waals surface area contributed by atoms with E-state index in [4.69, 9.17) is 29.4 Å². The van der Waals surface area contributed by atoms with Crippen molar-refractivity contribution in [3.63, 3.8) is 0 Å². The summed E-state index contributed by atoms with van der Waals surface area (Å²) in [6.45, 7) is 25.2. The van der Waals surface area contributed by atoms with Crippen molar-refractivity contribution in [1.82, 2.24) is 28.9 Å². The lowest BCUT2D eigenvalue weighted by Crippen LogP contribution is -2.65. The first-order valence-electron chi connectivity index (χ1n) is 34.6. The van der Waals surface area contributed by atoms with Crippen LogP contribution in [0.5, 0.6) is 11.5 Å². The molecule has 12 rings (SSSR count). The number of pyridine rings is 4. The molecule has 0 radical (unpaired) electrons. The zero-order valence-corrected chi connectivity index (χ0v) is 61.9. The van der Waals surface area contributed by atoms with Crippen molar-refractivity contribution < 1.29 is 69.2 Å². The molecule has 558 valence electrons. The third kappa shape index (κ3) is 13.9. The van der Waals surface area contributed by atoms with Crippen LogP contribution in [-0.2, 0) is 23.8 Å². The molecule has 4 atom stereocenters. The molecule has 0 aliphatic carbocycles. The van der Waals surface area contributed by atoms with Crippen molar-refractivity contribution in [3.8, 4) is 45.1 Å². The van der Waals surface area contributed by atoms with Crippen molar-refractivity contribution in [2.75, 3.05) is 93.3 Å². The average molecular weight is 1460 g/mol. The number of anilines is 4. The number of primary amides is 1. The number of nitrogens with zero attached hydrogens (tertiary/aromatic N) is 10. The predicted molar refractivity (Wildman–Crippen MR) is 389 cm³/mol. The maximum absolute atomic E-state index is 17.6. The molecule has 2 N–H and O–H groups in total. The van der Waals surface area contributed by atoms with Crippen LogP contribution in [0.15, 0.2) is 82.6 Å². The second-order valence-corrected chi connectivity index (χ2v) is 29.6. The van der Waals surface area contributed by atoms with E-state index in [0.29, 0.717) is 22.5 Å². The Kier molecular flexibility index (Phi) is 20.8. The van der Waals surface area contributed by atoms with Crippen molar-refractivity contribution in [3.05, 3.63) is 151 Å². The fraction of sp³-hybridized carbons (Fsp3) is 0.429. The number of amides is 3. The van der Waals surface area contributed by atoms with Gasteiger partial charge in [-0.25, -0.2) is 35.9 Å². The zero-order chi connectivity index (χ0) is 76.6. The van der Waals surface area contributed by atoms with Gasteiger partial charge in [0.25, 0.3) is 11.1 Å². The highest BCUT2D eigenvalue weighted by molar-refractivity contribution is 6.05. The van der Waals surface area contributed by atoms with Crippen LogP contribution in [0.1, 0.15) is 117 Å². The molecule has 3 amide bonds. The van der Waals surface area contributed by atoms with Gasteiger partial charge in [0.2, 0.25) is 5.91 Å². The van der Waals surface area contributed by atoms with Crippen LogP contribution in [0, 0.1) is 48.8 Å². The molecule has 2 saturated heterocycles. The Hall–Kier alpha value is -10.5. The number of benzene rings is 4. The van der Waals surface area contributed by atoms with Crippen molar-refractivity contribution in [2.45, 2.75) is 144 Å². The molecule has 0 spiro atoms. The maximum atomic E-state index is 17.6. The van der Waals surface area contributed by atoms with Crippen LogP contribution in [0.4, 0.5) is 58.7 Å². The van der Waals surface area contributed by atoms with Crippen LogP contribution >= 0.6 is 0 Å². The van der Waals surface area contributed by atoms with Gasteiger partial charge in [-0.15, -0.1) is 0 Å². The SMILES string of the molecule is COC(=O)CN1C[C@H]2CN(C(=O)OC(C)(C)C)[C@H](C)CN2c2c1c(=O)n(-c1c(C)ccnc1C(C)C)c1c(F)c(-c3c(F)cccc3OC)c(F)cc21.COc1cccc(F)c1-c1c(F)cc2c3c(c(=O)n(-c4c(C)ccnc4C(C)C)c2c1F)N(CC(N)=O)C[C@H]1CN(C(=O)OC(C)(C)C)[C@H](C)CN31. The monoisotopic (exact) mass is 1460 g/mol. The number of aryl methyl sites for hydroxylation is 2. The first kappa shape index (κ1) is 75.6. The predicted octanol–water partition coefficient (Wildman–Crippen LogP) is 12.7. The van der Waals surface area contributed by atoms with E-state index in [-0.39, 0.29) is 125 Å². The summed E-state index contributed by atoms with van der Waals surface area (Å²) in [6.07, 6.45) is 2.09. The number of methoxy groups -OCH3 is 3. The van der Waals surface area contributed by atoms with E-state index in [9.17, 15) is 19.2 Å². The molecule has 22 nitrogen and oxygen atoms in total. The van der Waals surface area contributed by atoms with Gasteiger partial charge in [-0.1, -0.05) is 39.8 Å². The fourth-order valence-electron chi connectivity index (χ4n) is 14.8. The summed E-state index contributed by atoms with van der Waals surface area (Å²) in [5, 5.41) is 0.00260. The Morgan fingerprint density at radius 1 is 0.524 bits per heavy atom. The normalized spacial score (nSPS) is 17.3. The molecule has 0 unspecified atom stereocenters. The number of carbonyl (C=O) groups excluding carboxylic acids is 4. The van der Waals surface area contributed by atoms with Crippen LogP contribution in [-0.4, -0.2) is 162 Å². The molecule has 28 heteroatoms. The van der Waals surface area contributed by atoms with E-state index >= 15 is 35.9 Å². The van der Waals surface area contributed by atoms with E-state index in [2.05, 4.69) is 9.97 Å². The Labute approximate surface area is 603 Å². The highest BCUT2D eigenvalue weighted by atomic mass is 19.2. The number of hydrogen-bond donors (Lipinski definition) is 1. The molecule has 4 aromatic heterocycles. The van der Waals surface area contributed by atoms with E-state index in [1.165, 1.54) is 60.0 Å². The third-order valence-electron chi connectivity index (χ3n) is 19.2. The van der Waals surface area contributed by atoms with Gasteiger partial charge in [-0.05, 0) is 141 Å². The number of ether oxygens (including phenoxy) is 5. The van der Waals surface area contributed by atoms with Gasteiger partial charge in [-0.2, -0.15) is 0 Å². The van der Waals surface area contributed by atoms with Gasteiger partial charge in [-0.3, -0.25) is 38.3 Å². The number of halogens is 6. The molecule has 105 heavy (non-hydrogen) atoms. The van der Waals surface area contributed by atoms with Crippen LogP contribution < -0.4 is 45.9 Å². The Balaban J connectivity index is 0.000000210. The smallest absolute Gasteiger partial charge is 0.410 e. The minimum absolute atomic E-state index is 0.00120. The molecule has 0 bridgehead atoms. The molecule has 8 heterocycles. The largest absolute Gasteiger partial charge is 0.496 e. The highest BCUT2D eigenvalue weighted by Gasteiger charge is 2.47. The van der Waals surface area contributed by atoms with Gasteiger partial charge in [0, 0.05) is 74.5 Å². The molecular weight excluding hydrogens is 1370 g/mol. The van der Waals surface area contributed by atoms with Crippen molar-refractivity contribution in [2.24, 2.45) is 5.73 Å². The van der Waals surface area contributed by atoms with E-state index in [1.54, 1.807) is 89.7 Å². The summed E-state index contributed by atoms with van der Waals surface area (Å²) in [7, 11) is 3.76. The van der Waals surface area contributed by atoms with E-state index in [1.807, 2.05) is 51.3 Å². The Morgan fingerprint density at radius 2 is 0.905 bits per heavy atom. The second-order valence-electron chi connectivity index (χ2n) is 29.6. The van der Waals surface area contributed by atoms with E-state index < -0.39 is 134 Å². The van der Waals surface area contributed by atoms with E-state index in [0.717, 1.165) is 28.8 Å². The number of esters is 1. The van der Waals surface area contributed by atoms with Crippen LogP contribution in [0.3, 0.4) is 0 Å². The number of piperazine rings is 2. The molecular formula is C77H87F6N11O11. The van der Waals surface area contributed by atoms with Crippen molar-refractivity contribution in [1.29, 1.82) is 0 Å². The highest BCUT2D eigenvalue weighted by Crippen LogP contribution is 2.50. The van der Waals surface area contributed by atoms with Crippen LogP contribution in [0.25, 0.3) is 55.4 Å². The number of fused-ring (bicyclic) bond motifs is 10. The molecule has 4 aliphatic heterocycles. The average Bonchev–Trinajstić information content (AvgIpc) is 0.707. The molecule has 8 aromatic rings. The van der Waals surface area contributed by atoms with Gasteiger partial charge >= 0.3 is 18.2 Å². The third-order valence-corrected chi connectivity index (χ3v) is 19.2. The van der Waals surface area contributed by atoms with Gasteiger partial charge in [0.1, 0.15) is 63.9 Å². The number of aromatic nitrogens is 4. The topological polar surface area (TPSA) is 230 Å². The van der Waals surface area contributed by atoms with Crippen molar-refractivity contribution >= 4 is 68.6 Å². The number of rotatable bonds is 12. The molecule has 4 aromatic carbocycles. The summed E-state index contributed by atoms with van der Waals surface area (Å²) in [4.78, 5) is 102. The summed E-state index contributed by atoms with van der Waals surface area (Å²) >= 11 is 0. The minimum atomic E-state index is -1.19. The number of carbonyl (C=O) groups is 4. The summed E-state index contributed by atoms with van der Waals surface area (Å²) < 4.78 is 129. The summed E-state index contributed by atoms with van der Waals surface area (Å²) in [6, 6.07) is 11.2. The Bertz CT molecular complexity index is 4960. The summed E-state index contributed by atoms with van der Waals surface area (Å²) in [5.74, 6) is -8.52. The lowest BCUT2D eigenvalue weighted by molar-refractivity contribution is -0.139. The van der Waals surface area contributed by atoms with Crippen LogP contribution in [0.2, 0.25) is 0 Å². The van der Waals surface area contributed by atoms with Gasteiger partial charge in [0.15, 0.2) is 11.6 Å². The standard InChI is InChI=1S/C39H44F3N5O6.C38H43F3N6O5/c1-20(2)32-33(21(3)13-14-43-32)47-34-24(15-26(41)30(31(34)42)29-25(40)11-10-12-27(29)51-8)35-36(37(47)49)44(19-28(48)52-9)17-23-18-45(22(4)16-46(23)35)38(50)53-39(5,6)7;1-19(2)31-32(20(3)12-13-43-31)47-33-23(14-25(40)29(30(33)41)28-24(39)10-9-11-26(28)51-8)34-35(36(47)49)44(18-27(42)48)16-22-17-45(21(4)15-46(22)34)37(50)52-38(5,6)7/h10-15,20,22-23H,16-19H2,1-9H3;9-14,19,21-22H,15-18H2,1-8H3,(H2,42,48)/t22-,23+;21-,22+/m11/s1. The quantitative estimate of drug-likeness (QED) is 0.0681. The molecule has 0 saturated carbocycles. The molecule has 2 fully saturated rings. The number of hydrogen-bond acceptors (Lipinski definition) is 17. The lowest BCUT2D eigenvalue weighted by atomic mass is 9.95. The fourth-order valence-corrected chi connectivity index (χ4v) is 14.8. The first-order chi connectivity index (χ1) is 49.4. The van der Waals surface area contributed by atoms with Gasteiger partial charge in [0.05, 0.1) is 107 Å². The van der Waals surface area contributed by atoms with Gasteiger partial charge < -0.3 is 58.8 Å². The lowest BCUT2D eigenvalue weighted by Gasteiger charge is -2.51. The number of nitrogens with two attached hydrogens (primary N) is 1. The first-order valence-corrected chi connectivity index (χ1v) is 34.6. The Morgan fingerprint density at radius 3 is 1.25 bits per heavy atom. The second kappa shape index (κ2) is 28.8.